The molecule has 0 atom stereocenters. The molecule has 0 fully saturated rings. The van der Waals surface area contributed by atoms with Gasteiger partial charge in [0.15, 0.2) is 0 Å². The molecule has 7 heteroatoms. The number of nitrogens with one attached hydrogen (secondary N) is 1. The summed E-state index contributed by atoms with van der Waals surface area (Å²) in [6.45, 7) is 2.25. The Kier molecular flexibility index (Phi) is 6.88. The fourth-order valence-corrected chi connectivity index (χ4v) is 1.61. The van der Waals surface area contributed by atoms with Gasteiger partial charge in [0, 0.05) is 18.2 Å². The molecule has 22 heavy (non-hydrogen) atoms. The lowest BCUT2D eigenvalue weighted by molar-refractivity contribution is -0.138. The van der Waals surface area contributed by atoms with E-state index in [0.717, 1.165) is 12.8 Å². The van der Waals surface area contributed by atoms with Gasteiger partial charge in [-0.05, 0) is 18.6 Å². The number of aromatic hydroxyl groups is 1. The number of carbonyl (C=O) groups is 3. The summed E-state index contributed by atoms with van der Waals surface area (Å²) < 4.78 is 4.98. The fourth-order valence-electron chi connectivity index (χ4n) is 1.61. The molecule has 1 amide bonds. The standard InChI is InChI=1S/C15H19NO6/c1-2-3-8-22-15(21)11-5-4-10(9-12(11)17)16-13(18)6-7-14(19)20/h4-5,9,17H,2-3,6-8H2,1H3,(H,16,18)(H,19,20). The van der Waals surface area contributed by atoms with Crippen LogP contribution >= 0.6 is 0 Å². The van der Waals surface area contributed by atoms with Gasteiger partial charge < -0.3 is 20.3 Å². The summed E-state index contributed by atoms with van der Waals surface area (Å²) in [7, 11) is 0. The first-order valence-corrected chi connectivity index (χ1v) is 6.95. The van der Waals surface area contributed by atoms with Crippen molar-refractivity contribution in [3.8, 4) is 5.75 Å². The Balaban J connectivity index is 2.63. The van der Waals surface area contributed by atoms with E-state index < -0.39 is 17.8 Å². The average molecular weight is 309 g/mol. The van der Waals surface area contributed by atoms with Gasteiger partial charge in [0.05, 0.1) is 13.0 Å². The van der Waals surface area contributed by atoms with Crippen LogP contribution in [0.3, 0.4) is 0 Å². The number of ether oxygens (including phenoxy) is 1. The third kappa shape index (κ3) is 5.82. The second kappa shape index (κ2) is 8.66. The van der Waals surface area contributed by atoms with Gasteiger partial charge in [-0.3, -0.25) is 9.59 Å². The number of phenols is 1. The summed E-state index contributed by atoms with van der Waals surface area (Å²) in [4.78, 5) is 33.6. The van der Waals surface area contributed by atoms with Crippen LogP contribution in [0.2, 0.25) is 0 Å². The Hall–Kier alpha value is -2.57. The highest BCUT2D eigenvalue weighted by molar-refractivity contribution is 5.95. The second-order valence-electron chi connectivity index (χ2n) is 4.66. The summed E-state index contributed by atoms with van der Waals surface area (Å²) in [6, 6.07) is 4.00. The normalized spacial score (nSPS) is 10.0. The van der Waals surface area contributed by atoms with Crippen LogP contribution in [0.4, 0.5) is 5.69 Å². The Morgan fingerprint density at radius 2 is 1.95 bits per heavy atom. The molecule has 0 aliphatic rings. The molecule has 0 spiro atoms. The zero-order valence-electron chi connectivity index (χ0n) is 12.3. The lowest BCUT2D eigenvalue weighted by Gasteiger charge is -2.08. The topological polar surface area (TPSA) is 113 Å². The highest BCUT2D eigenvalue weighted by Crippen LogP contribution is 2.23. The molecule has 120 valence electrons. The Morgan fingerprint density at radius 3 is 2.55 bits per heavy atom. The number of carboxylic acids is 1. The van der Waals surface area contributed by atoms with Crippen molar-refractivity contribution < 1.29 is 29.3 Å². The predicted molar refractivity (Wildman–Crippen MR) is 78.8 cm³/mol. The Morgan fingerprint density at radius 1 is 1.23 bits per heavy atom. The lowest BCUT2D eigenvalue weighted by atomic mass is 10.1. The molecular weight excluding hydrogens is 290 g/mol. The van der Waals surface area contributed by atoms with Gasteiger partial charge in [-0.1, -0.05) is 13.3 Å². The summed E-state index contributed by atoms with van der Waals surface area (Å²) >= 11 is 0. The Bertz CT molecular complexity index is 555. The third-order valence-electron chi connectivity index (χ3n) is 2.80. The van der Waals surface area contributed by atoms with E-state index in [0.29, 0.717) is 0 Å². The molecule has 0 saturated heterocycles. The minimum atomic E-state index is -1.07. The molecule has 1 rings (SSSR count). The number of anilines is 1. The molecule has 0 unspecified atom stereocenters. The van der Waals surface area contributed by atoms with E-state index in [2.05, 4.69) is 5.32 Å². The summed E-state index contributed by atoms with van der Waals surface area (Å²) in [6.07, 6.45) is 1.18. The van der Waals surface area contributed by atoms with Crippen LogP contribution in [-0.4, -0.2) is 34.7 Å². The minimum Gasteiger partial charge on any atom is -0.507 e. The molecule has 1 aromatic carbocycles. The number of hydrogen-bond acceptors (Lipinski definition) is 5. The molecule has 0 aliphatic heterocycles. The number of aliphatic carboxylic acids is 1. The largest absolute Gasteiger partial charge is 0.507 e. The second-order valence-corrected chi connectivity index (χ2v) is 4.66. The van der Waals surface area contributed by atoms with Crippen molar-refractivity contribution in [3.05, 3.63) is 23.8 Å². The van der Waals surface area contributed by atoms with Crippen molar-refractivity contribution in [2.45, 2.75) is 32.6 Å². The number of unbranched alkanes of at least 4 members (excludes halogenated alkanes) is 1. The SMILES string of the molecule is CCCCOC(=O)c1ccc(NC(=O)CCC(=O)O)cc1O. The molecular formula is C15H19NO6. The predicted octanol–water partition coefficient (Wildman–Crippen LogP) is 2.15. The maximum atomic E-state index is 11.7. The van der Waals surface area contributed by atoms with Crippen LogP contribution in [0.15, 0.2) is 18.2 Å². The molecule has 0 saturated carbocycles. The van der Waals surface area contributed by atoms with Crippen molar-refractivity contribution in [2.75, 3.05) is 11.9 Å². The molecule has 7 nitrogen and oxygen atoms in total. The van der Waals surface area contributed by atoms with Crippen LogP contribution in [0.5, 0.6) is 5.75 Å². The van der Waals surface area contributed by atoms with E-state index in [-0.39, 0.29) is 36.4 Å². The van der Waals surface area contributed by atoms with E-state index in [1.165, 1.54) is 18.2 Å². The van der Waals surface area contributed by atoms with Crippen LogP contribution in [0, 0.1) is 0 Å². The quantitative estimate of drug-likeness (QED) is 0.501. The summed E-state index contributed by atoms with van der Waals surface area (Å²) in [5, 5.41) is 20.7. The fraction of sp³-hybridized carbons (Fsp3) is 0.400. The van der Waals surface area contributed by atoms with Crippen molar-refractivity contribution in [1.82, 2.24) is 0 Å². The zero-order chi connectivity index (χ0) is 16.5. The van der Waals surface area contributed by atoms with E-state index in [1.54, 1.807) is 0 Å². The summed E-state index contributed by atoms with van der Waals surface area (Å²) in [5.41, 5.74) is 0.289. The van der Waals surface area contributed by atoms with Gasteiger partial charge in [0.1, 0.15) is 11.3 Å². The monoisotopic (exact) mass is 309 g/mol. The molecule has 0 heterocycles. The van der Waals surface area contributed by atoms with Crippen LogP contribution in [0.1, 0.15) is 43.0 Å². The Labute approximate surface area is 127 Å². The third-order valence-corrected chi connectivity index (χ3v) is 2.80. The maximum absolute atomic E-state index is 11.7. The van der Waals surface area contributed by atoms with Crippen LogP contribution in [0.25, 0.3) is 0 Å². The highest BCUT2D eigenvalue weighted by Gasteiger charge is 2.14. The number of benzene rings is 1. The van der Waals surface area contributed by atoms with Crippen molar-refractivity contribution in [2.24, 2.45) is 0 Å². The van der Waals surface area contributed by atoms with Crippen LogP contribution < -0.4 is 5.32 Å². The maximum Gasteiger partial charge on any atom is 0.341 e. The highest BCUT2D eigenvalue weighted by atomic mass is 16.5. The van der Waals surface area contributed by atoms with E-state index >= 15 is 0 Å². The smallest absolute Gasteiger partial charge is 0.341 e. The number of phenolic OH excluding ortho intramolecular Hbond substituents is 1. The number of carbonyl (C=O) groups excluding carboxylic acids is 2. The van der Waals surface area contributed by atoms with Gasteiger partial charge in [0.25, 0.3) is 0 Å². The lowest BCUT2D eigenvalue weighted by Crippen LogP contribution is -2.13. The zero-order valence-corrected chi connectivity index (χ0v) is 12.3. The summed E-state index contributed by atoms with van der Waals surface area (Å²) in [5.74, 6) is -2.49. The molecule has 0 bridgehead atoms. The average Bonchev–Trinajstić information content (AvgIpc) is 2.45. The molecule has 0 radical (unpaired) electrons. The number of esters is 1. The van der Waals surface area contributed by atoms with Gasteiger partial charge in [-0.25, -0.2) is 4.79 Å². The molecule has 3 N–H and O–H groups in total. The van der Waals surface area contributed by atoms with Gasteiger partial charge >= 0.3 is 11.9 Å². The van der Waals surface area contributed by atoms with Gasteiger partial charge in [0.2, 0.25) is 5.91 Å². The first-order chi connectivity index (χ1) is 10.4. The molecule has 0 aromatic heterocycles. The number of rotatable bonds is 8. The first-order valence-electron chi connectivity index (χ1n) is 6.95. The number of hydrogen-bond donors (Lipinski definition) is 3. The molecule has 0 aliphatic carbocycles. The number of amides is 1. The minimum absolute atomic E-state index is 0.0136. The van der Waals surface area contributed by atoms with Gasteiger partial charge in [-0.2, -0.15) is 0 Å². The molecule has 1 aromatic rings. The van der Waals surface area contributed by atoms with E-state index in [4.69, 9.17) is 9.84 Å². The van der Waals surface area contributed by atoms with Crippen LogP contribution in [-0.2, 0) is 14.3 Å². The van der Waals surface area contributed by atoms with Crippen molar-refractivity contribution >= 4 is 23.5 Å². The first kappa shape index (κ1) is 17.5. The van der Waals surface area contributed by atoms with E-state index in [9.17, 15) is 19.5 Å². The van der Waals surface area contributed by atoms with Crippen molar-refractivity contribution in [3.63, 3.8) is 0 Å². The van der Waals surface area contributed by atoms with E-state index in [1.807, 2.05) is 6.92 Å². The van der Waals surface area contributed by atoms with Crippen molar-refractivity contribution in [1.29, 1.82) is 0 Å². The van der Waals surface area contributed by atoms with Gasteiger partial charge in [-0.15, -0.1) is 0 Å². The number of carboxylic acid groups (broad SMARTS) is 1.